The lowest BCUT2D eigenvalue weighted by Gasteiger charge is -2.00. The molecule has 0 aromatic carbocycles. The molecule has 0 unspecified atom stereocenters. The molecule has 0 amide bonds. The second kappa shape index (κ2) is 3.42. The summed E-state index contributed by atoms with van der Waals surface area (Å²) in [6.45, 7) is 7.82. The molecule has 0 rings (SSSR count). The van der Waals surface area contributed by atoms with E-state index in [1.165, 1.54) is 0 Å². The van der Waals surface area contributed by atoms with Crippen LogP contribution in [0.5, 0.6) is 0 Å². The van der Waals surface area contributed by atoms with Crippen LogP contribution in [0.4, 0.5) is 0 Å². The molecule has 0 atom stereocenters. The third kappa shape index (κ3) is 1.92. The van der Waals surface area contributed by atoms with Gasteiger partial charge < -0.3 is 0 Å². The van der Waals surface area contributed by atoms with Crippen LogP contribution in [0.3, 0.4) is 0 Å². The van der Waals surface area contributed by atoms with Crippen molar-refractivity contribution in [3.8, 4) is 0 Å². The van der Waals surface area contributed by atoms with Crippen LogP contribution in [-0.2, 0) is 0 Å². The second-order valence-electron chi connectivity index (χ2n) is 2.01. The molecule has 0 radical (unpaired) electrons. The standard InChI is InChI=1S/C7H13N/c1-5-7(8-4)6(2)3/h5-6H,1H2,2-4H3/b8-7+. The molecule has 0 aliphatic carbocycles. The van der Waals surface area contributed by atoms with Crippen molar-refractivity contribution < 1.29 is 0 Å². The maximum absolute atomic E-state index is 4.00. The number of allylic oxidation sites excluding steroid dienone is 1. The molecule has 46 valence electrons. The highest BCUT2D eigenvalue weighted by Crippen LogP contribution is 1.95. The van der Waals surface area contributed by atoms with Crippen LogP contribution in [0.15, 0.2) is 17.6 Å². The first kappa shape index (κ1) is 7.41. The zero-order chi connectivity index (χ0) is 6.57. The molecule has 0 bridgehead atoms. The quantitative estimate of drug-likeness (QED) is 0.482. The van der Waals surface area contributed by atoms with Crippen molar-refractivity contribution in [3.05, 3.63) is 12.7 Å². The van der Waals surface area contributed by atoms with Crippen molar-refractivity contribution >= 4 is 5.71 Å². The van der Waals surface area contributed by atoms with Crippen molar-refractivity contribution in [2.24, 2.45) is 10.9 Å². The Hall–Kier alpha value is -0.590. The molecule has 0 aromatic rings. The monoisotopic (exact) mass is 111 g/mol. The zero-order valence-electron chi connectivity index (χ0n) is 5.81. The number of hydrogen-bond acceptors (Lipinski definition) is 1. The van der Waals surface area contributed by atoms with Crippen molar-refractivity contribution in [2.45, 2.75) is 13.8 Å². The minimum absolute atomic E-state index is 0.512. The van der Waals surface area contributed by atoms with Gasteiger partial charge in [-0.2, -0.15) is 0 Å². The zero-order valence-corrected chi connectivity index (χ0v) is 5.81. The molecule has 0 aromatic heterocycles. The van der Waals surface area contributed by atoms with Gasteiger partial charge in [0.05, 0.1) is 0 Å². The molecule has 0 aliphatic heterocycles. The Balaban J connectivity index is 3.91. The van der Waals surface area contributed by atoms with Crippen LogP contribution in [0.1, 0.15) is 13.8 Å². The summed E-state index contributed by atoms with van der Waals surface area (Å²) in [4.78, 5) is 4.00. The van der Waals surface area contributed by atoms with Crippen molar-refractivity contribution in [1.82, 2.24) is 0 Å². The van der Waals surface area contributed by atoms with Crippen LogP contribution < -0.4 is 0 Å². The van der Waals surface area contributed by atoms with Gasteiger partial charge in [0.15, 0.2) is 0 Å². The van der Waals surface area contributed by atoms with E-state index in [1.807, 2.05) is 0 Å². The summed E-state index contributed by atoms with van der Waals surface area (Å²) in [5.41, 5.74) is 1.07. The molecule has 0 saturated heterocycles. The van der Waals surface area contributed by atoms with E-state index in [2.05, 4.69) is 25.4 Å². The number of nitrogens with zero attached hydrogens (tertiary/aromatic N) is 1. The lowest BCUT2D eigenvalue weighted by Crippen LogP contribution is -2.01. The van der Waals surface area contributed by atoms with Gasteiger partial charge >= 0.3 is 0 Å². The SMILES string of the molecule is C=C/C(=N\C)C(C)C. The molecular weight excluding hydrogens is 98.1 g/mol. The molecule has 0 heterocycles. The Labute approximate surface area is 51.1 Å². The topological polar surface area (TPSA) is 12.4 Å². The first-order valence-electron chi connectivity index (χ1n) is 2.81. The predicted molar refractivity (Wildman–Crippen MR) is 38.4 cm³/mol. The van der Waals surface area contributed by atoms with Gasteiger partial charge in [0, 0.05) is 12.8 Å². The summed E-state index contributed by atoms with van der Waals surface area (Å²) in [7, 11) is 1.79. The van der Waals surface area contributed by atoms with Crippen LogP contribution in [0.2, 0.25) is 0 Å². The van der Waals surface area contributed by atoms with Gasteiger partial charge in [-0.25, -0.2) is 0 Å². The molecule has 8 heavy (non-hydrogen) atoms. The van der Waals surface area contributed by atoms with Crippen molar-refractivity contribution in [3.63, 3.8) is 0 Å². The summed E-state index contributed by atoms with van der Waals surface area (Å²) in [6.07, 6.45) is 1.80. The molecule has 0 N–H and O–H groups in total. The normalized spacial score (nSPS) is 12.2. The average molecular weight is 111 g/mol. The van der Waals surface area contributed by atoms with Gasteiger partial charge in [-0.3, -0.25) is 4.99 Å². The van der Waals surface area contributed by atoms with Gasteiger partial charge in [0.25, 0.3) is 0 Å². The smallest absolute Gasteiger partial charge is 0.0364 e. The lowest BCUT2D eigenvalue weighted by atomic mass is 10.1. The average Bonchev–Trinajstić information content (AvgIpc) is 1.69. The van der Waals surface area contributed by atoms with Crippen LogP contribution in [-0.4, -0.2) is 12.8 Å². The van der Waals surface area contributed by atoms with E-state index in [4.69, 9.17) is 0 Å². The fourth-order valence-electron chi connectivity index (χ4n) is 0.585. The Morgan fingerprint density at radius 2 is 2.12 bits per heavy atom. The summed E-state index contributed by atoms with van der Waals surface area (Å²) in [5, 5.41) is 0. The van der Waals surface area contributed by atoms with E-state index < -0.39 is 0 Å². The second-order valence-corrected chi connectivity index (χ2v) is 2.01. The van der Waals surface area contributed by atoms with E-state index >= 15 is 0 Å². The third-order valence-corrected chi connectivity index (χ3v) is 1.06. The molecule has 1 heteroatoms. The highest BCUT2D eigenvalue weighted by molar-refractivity contribution is 5.95. The van der Waals surface area contributed by atoms with E-state index in [1.54, 1.807) is 13.1 Å². The van der Waals surface area contributed by atoms with Gasteiger partial charge in [-0.15, -0.1) is 0 Å². The maximum Gasteiger partial charge on any atom is 0.0364 e. The lowest BCUT2D eigenvalue weighted by molar-refractivity contribution is 0.886. The van der Waals surface area contributed by atoms with Gasteiger partial charge in [-0.1, -0.05) is 20.4 Å². The van der Waals surface area contributed by atoms with E-state index in [0.717, 1.165) is 5.71 Å². The van der Waals surface area contributed by atoms with Gasteiger partial charge in [0.1, 0.15) is 0 Å². The first-order chi connectivity index (χ1) is 3.72. The maximum atomic E-state index is 4.00. The summed E-state index contributed by atoms with van der Waals surface area (Å²) < 4.78 is 0. The third-order valence-electron chi connectivity index (χ3n) is 1.06. The fourth-order valence-corrected chi connectivity index (χ4v) is 0.585. The highest BCUT2D eigenvalue weighted by atomic mass is 14.7. The molecule has 1 nitrogen and oxygen atoms in total. The van der Waals surface area contributed by atoms with Crippen LogP contribution in [0.25, 0.3) is 0 Å². The Bertz CT molecular complexity index is 101. The fraction of sp³-hybridized carbons (Fsp3) is 0.571. The van der Waals surface area contributed by atoms with Gasteiger partial charge in [0.2, 0.25) is 0 Å². The predicted octanol–water partition coefficient (Wildman–Crippen LogP) is 1.90. The number of aliphatic imine (C=N–C) groups is 1. The summed E-state index contributed by atoms with van der Waals surface area (Å²) in [6, 6.07) is 0. The number of rotatable bonds is 2. The molecule has 0 fully saturated rings. The number of hydrogen-bond donors (Lipinski definition) is 0. The Morgan fingerprint density at radius 1 is 1.62 bits per heavy atom. The van der Waals surface area contributed by atoms with Crippen LogP contribution >= 0.6 is 0 Å². The minimum Gasteiger partial charge on any atom is -0.293 e. The van der Waals surface area contributed by atoms with E-state index in [9.17, 15) is 0 Å². The largest absolute Gasteiger partial charge is 0.293 e. The molecule has 0 spiro atoms. The van der Waals surface area contributed by atoms with Crippen molar-refractivity contribution in [2.75, 3.05) is 7.05 Å². The van der Waals surface area contributed by atoms with Crippen LogP contribution in [0, 0.1) is 5.92 Å². The first-order valence-corrected chi connectivity index (χ1v) is 2.81. The van der Waals surface area contributed by atoms with Gasteiger partial charge in [-0.05, 0) is 12.0 Å². The van der Waals surface area contributed by atoms with E-state index in [-0.39, 0.29) is 0 Å². The molecular formula is C7H13N. The summed E-state index contributed by atoms with van der Waals surface area (Å²) in [5.74, 6) is 0.512. The summed E-state index contributed by atoms with van der Waals surface area (Å²) >= 11 is 0. The molecule has 0 saturated carbocycles. The Kier molecular flexibility index (Phi) is 3.16. The van der Waals surface area contributed by atoms with E-state index in [0.29, 0.717) is 5.92 Å². The highest BCUT2D eigenvalue weighted by Gasteiger charge is 1.95. The minimum atomic E-state index is 0.512. The Morgan fingerprint density at radius 3 is 2.12 bits per heavy atom. The molecule has 0 aliphatic rings. The van der Waals surface area contributed by atoms with Crippen molar-refractivity contribution in [1.29, 1.82) is 0 Å².